The van der Waals surface area contributed by atoms with Crippen LogP contribution in [0.4, 0.5) is 0 Å². The fraction of sp³-hybridized carbons (Fsp3) is 0.333. The summed E-state index contributed by atoms with van der Waals surface area (Å²) in [5.41, 5.74) is 0.918. The van der Waals surface area contributed by atoms with Crippen LogP contribution in [-0.4, -0.2) is 23.2 Å². The quantitative estimate of drug-likeness (QED) is 0.764. The lowest BCUT2D eigenvalue weighted by Gasteiger charge is -2.04. The topological polar surface area (TPSA) is 59.4 Å². The molecule has 0 saturated carbocycles. The standard InChI is InChI=1S/C9H11NO3/c1-3-6-4-5-7(9(11)12)8(10-6)13-2/h4-5H,3H2,1-2H3,(H,11,12). The van der Waals surface area contributed by atoms with Crippen LogP contribution in [0.1, 0.15) is 23.0 Å². The Morgan fingerprint density at radius 2 is 2.31 bits per heavy atom. The number of aryl methyl sites for hydroxylation is 1. The van der Waals surface area contributed by atoms with Gasteiger partial charge in [-0.3, -0.25) is 0 Å². The molecule has 0 spiro atoms. The summed E-state index contributed by atoms with van der Waals surface area (Å²) in [6.07, 6.45) is 0.760. The van der Waals surface area contributed by atoms with Gasteiger partial charge in [0.2, 0.25) is 5.88 Å². The molecule has 0 bridgehead atoms. The third-order valence-electron chi connectivity index (χ3n) is 1.70. The second kappa shape index (κ2) is 3.89. The fourth-order valence-corrected chi connectivity index (χ4v) is 0.994. The highest BCUT2D eigenvalue weighted by Gasteiger charge is 2.11. The van der Waals surface area contributed by atoms with E-state index in [1.165, 1.54) is 13.2 Å². The predicted octanol–water partition coefficient (Wildman–Crippen LogP) is 1.35. The molecule has 0 unspecified atom stereocenters. The maximum Gasteiger partial charge on any atom is 0.341 e. The molecule has 0 aliphatic heterocycles. The third-order valence-corrected chi connectivity index (χ3v) is 1.70. The predicted molar refractivity (Wildman–Crippen MR) is 47.1 cm³/mol. The molecule has 0 aliphatic carbocycles. The summed E-state index contributed by atoms with van der Waals surface area (Å²) >= 11 is 0. The van der Waals surface area contributed by atoms with Crippen molar-refractivity contribution in [2.45, 2.75) is 13.3 Å². The highest BCUT2D eigenvalue weighted by molar-refractivity contribution is 5.90. The van der Waals surface area contributed by atoms with Crippen LogP contribution in [0.3, 0.4) is 0 Å². The number of carboxylic acid groups (broad SMARTS) is 1. The molecule has 1 aromatic heterocycles. The lowest BCUT2D eigenvalue weighted by Crippen LogP contribution is -2.03. The van der Waals surface area contributed by atoms with Gasteiger partial charge in [0.25, 0.3) is 0 Å². The molecular weight excluding hydrogens is 170 g/mol. The van der Waals surface area contributed by atoms with E-state index >= 15 is 0 Å². The summed E-state index contributed by atoms with van der Waals surface area (Å²) < 4.78 is 4.86. The SMILES string of the molecule is CCc1ccc(C(=O)O)c(OC)n1. The van der Waals surface area contributed by atoms with Gasteiger partial charge in [-0.05, 0) is 18.6 Å². The Labute approximate surface area is 76.2 Å². The molecule has 0 radical (unpaired) electrons. The van der Waals surface area contributed by atoms with Gasteiger partial charge in [0, 0.05) is 5.69 Å². The third kappa shape index (κ3) is 1.96. The van der Waals surface area contributed by atoms with Crippen molar-refractivity contribution in [3.8, 4) is 5.88 Å². The van der Waals surface area contributed by atoms with Crippen LogP contribution in [0.15, 0.2) is 12.1 Å². The van der Waals surface area contributed by atoms with Crippen LogP contribution in [0, 0.1) is 0 Å². The Hall–Kier alpha value is -1.58. The Morgan fingerprint density at radius 3 is 2.77 bits per heavy atom. The number of carboxylic acids is 1. The van der Waals surface area contributed by atoms with Crippen LogP contribution < -0.4 is 4.74 Å². The van der Waals surface area contributed by atoms with Crippen molar-refractivity contribution in [3.63, 3.8) is 0 Å². The second-order valence-electron chi connectivity index (χ2n) is 2.52. The average Bonchev–Trinajstić information content (AvgIpc) is 2.16. The van der Waals surface area contributed by atoms with Gasteiger partial charge >= 0.3 is 5.97 Å². The minimum atomic E-state index is -1.02. The smallest absolute Gasteiger partial charge is 0.341 e. The Kier molecular flexibility index (Phi) is 2.84. The van der Waals surface area contributed by atoms with Gasteiger partial charge in [-0.25, -0.2) is 9.78 Å². The molecule has 70 valence electrons. The molecule has 0 saturated heterocycles. The summed E-state index contributed by atoms with van der Waals surface area (Å²) in [4.78, 5) is 14.7. The summed E-state index contributed by atoms with van der Waals surface area (Å²) in [7, 11) is 1.41. The van der Waals surface area contributed by atoms with Crippen molar-refractivity contribution in [1.29, 1.82) is 0 Å². The zero-order valence-electron chi connectivity index (χ0n) is 7.57. The number of rotatable bonds is 3. The maximum absolute atomic E-state index is 10.7. The Balaban J connectivity index is 3.15. The van der Waals surface area contributed by atoms with E-state index in [0.29, 0.717) is 0 Å². The monoisotopic (exact) mass is 181 g/mol. The molecule has 0 aromatic carbocycles. The molecule has 0 aliphatic rings. The first kappa shape index (κ1) is 9.51. The summed E-state index contributed by atoms with van der Waals surface area (Å²) in [6, 6.07) is 3.19. The summed E-state index contributed by atoms with van der Waals surface area (Å²) in [5.74, 6) is -0.848. The van der Waals surface area contributed by atoms with Crippen LogP contribution in [0.2, 0.25) is 0 Å². The maximum atomic E-state index is 10.7. The van der Waals surface area contributed by atoms with Gasteiger partial charge in [-0.2, -0.15) is 0 Å². The number of aromatic nitrogens is 1. The van der Waals surface area contributed by atoms with Gasteiger partial charge in [0.05, 0.1) is 7.11 Å². The molecular formula is C9H11NO3. The zero-order valence-corrected chi connectivity index (χ0v) is 7.57. The van der Waals surface area contributed by atoms with Crippen molar-refractivity contribution < 1.29 is 14.6 Å². The fourth-order valence-electron chi connectivity index (χ4n) is 0.994. The number of pyridine rings is 1. The van der Waals surface area contributed by atoms with E-state index in [2.05, 4.69) is 4.98 Å². The molecule has 4 heteroatoms. The lowest BCUT2D eigenvalue weighted by molar-refractivity contribution is 0.0692. The molecule has 1 rings (SSSR count). The lowest BCUT2D eigenvalue weighted by atomic mass is 10.2. The number of hydrogen-bond donors (Lipinski definition) is 1. The van der Waals surface area contributed by atoms with Gasteiger partial charge in [0.15, 0.2) is 0 Å². The van der Waals surface area contributed by atoms with Crippen LogP contribution in [0.5, 0.6) is 5.88 Å². The number of aromatic carboxylic acids is 1. The molecule has 0 fully saturated rings. The van der Waals surface area contributed by atoms with Gasteiger partial charge in [-0.1, -0.05) is 6.92 Å². The Bertz CT molecular complexity index is 323. The van der Waals surface area contributed by atoms with Crippen LogP contribution in [0.25, 0.3) is 0 Å². The molecule has 13 heavy (non-hydrogen) atoms. The van der Waals surface area contributed by atoms with Crippen molar-refractivity contribution >= 4 is 5.97 Å². The molecule has 4 nitrogen and oxygen atoms in total. The Morgan fingerprint density at radius 1 is 1.62 bits per heavy atom. The number of ether oxygens (including phenoxy) is 1. The van der Waals surface area contributed by atoms with E-state index in [1.54, 1.807) is 6.07 Å². The summed E-state index contributed by atoms with van der Waals surface area (Å²) in [6.45, 7) is 1.95. The highest BCUT2D eigenvalue weighted by atomic mass is 16.5. The molecule has 0 atom stereocenters. The van der Waals surface area contributed by atoms with Crippen LogP contribution >= 0.6 is 0 Å². The van der Waals surface area contributed by atoms with Crippen molar-refractivity contribution in [1.82, 2.24) is 4.98 Å². The summed E-state index contributed by atoms with van der Waals surface area (Å²) in [5, 5.41) is 8.74. The number of carbonyl (C=O) groups is 1. The van der Waals surface area contributed by atoms with Gasteiger partial charge < -0.3 is 9.84 Å². The number of methoxy groups -OCH3 is 1. The average molecular weight is 181 g/mol. The first-order chi connectivity index (χ1) is 6.19. The highest BCUT2D eigenvalue weighted by Crippen LogP contribution is 2.15. The molecule has 1 heterocycles. The first-order valence-corrected chi connectivity index (χ1v) is 3.96. The molecule has 0 amide bonds. The minimum Gasteiger partial charge on any atom is -0.480 e. The van der Waals surface area contributed by atoms with Gasteiger partial charge in [-0.15, -0.1) is 0 Å². The van der Waals surface area contributed by atoms with Gasteiger partial charge in [0.1, 0.15) is 5.56 Å². The van der Waals surface area contributed by atoms with E-state index in [1.807, 2.05) is 6.92 Å². The zero-order chi connectivity index (χ0) is 9.84. The molecule has 1 N–H and O–H groups in total. The van der Waals surface area contributed by atoms with Crippen LogP contribution in [-0.2, 0) is 6.42 Å². The molecule has 1 aromatic rings. The normalized spacial score (nSPS) is 9.69. The van der Waals surface area contributed by atoms with E-state index in [9.17, 15) is 4.79 Å². The minimum absolute atomic E-state index is 0.0969. The number of hydrogen-bond acceptors (Lipinski definition) is 3. The van der Waals surface area contributed by atoms with Crippen molar-refractivity contribution in [2.24, 2.45) is 0 Å². The van der Waals surface area contributed by atoms with E-state index < -0.39 is 5.97 Å². The van der Waals surface area contributed by atoms with E-state index in [0.717, 1.165) is 12.1 Å². The first-order valence-electron chi connectivity index (χ1n) is 3.96. The second-order valence-corrected chi connectivity index (χ2v) is 2.52. The largest absolute Gasteiger partial charge is 0.480 e. The van der Waals surface area contributed by atoms with E-state index in [4.69, 9.17) is 9.84 Å². The van der Waals surface area contributed by atoms with Crippen molar-refractivity contribution in [2.75, 3.05) is 7.11 Å². The van der Waals surface area contributed by atoms with E-state index in [-0.39, 0.29) is 11.4 Å². The number of nitrogens with zero attached hydrogens (tertiary/aromatic N) is 1. The van der Waals surface area contributed by atoms with Crippen molar-refractivity contribution in [3.05, 3.63) is 23.4 Å².